The van der Waals surface area contributed by atoms with Gasteiger partial charge in [-0.25, -0.2) is 18.4 Å². The summed E-state index contributed by atoms with van der Waals surface area (Å²) in [6, 6.07) is 2.14. The van der Waals surface area contributed by atoms with Crippen LogP contribution in [0.2, 0.25) is 5.02 Å². The second kappa shape index (κ2) is 14.7. The Balaban J connectivity index is 1.69. The molecule has 2 saturated heterocycles. The first kappa shape index (κ1) is 29.3. The summed E-state index contributed by atoms with van der Waals surface area (Å²) in [5.41, 5.74) is 0.0848. The van der Waals surface area contributed by atoms with Gasteiger partial charge in [0, 0.05) is 56.9 Å². The van der Waals surface area contributed by atoms with Crippen LogP contribution in [-0.2, 0) is 9.47 Å². The molecule has 2 aliphatic heterocycles. The average molecular weight is 547 g/mol. The van der Waals surface area contributed by atoms with Gasteiger partial charge in [-0.1, -0.05) is 17.7 Å². The van der Waals surface area contributed by atoms with Crippen molar-refractivity contribution < 1.29 is 33.0 Å². The number of nitrogens with one attached hydrogen (secondary N) is 3. The number of carboxylic acid groups (broad SMARTS) is 1. The van der Waals surface area contributed by atoms with Crippen LogP contribution < -0.4 is 16.0 Å². The molecule has 0 saturated carbocycles. The summed E-state index contributed by atoms with van der Waals surface area (Å²) < 4.78 is 40.1. The van der Waals surface area contributed by atoms with Gasteiger partial charge in [0.05, 0.1) is 12.7 Å². The molecule has 208 valence electrons. The zero-order chi connectivity index (χ0) is 26.8. The predicted octanol–water partition coefficient (Wildman–Crippen LogP) is 3.77. The smallest absolute Gasteiger partial charge is 0.404 e. The topological polar surface area (TPSA) is 112 Å². The molecule has 0 spiro atoms. The molecule has 2 heterocycles. The van der Waals surface area contributed by atoms with E-state index >= 15 is 0 Å². The van der Waals surface area contributed by atoms with Crippen molar-refractivity contribution in [1.82, 2.24) is 20.9 Å². The summed E-state index contributed by atoms with van der Waals surface area (Å²) in [5, 5.41) is 16.7. The Labute approximate surface area is 221 Å². The van der Waals surface area contributed by atoms with Crippen molar-refractivity contribution in [2.24, 2.45) is 11.8 Å². The molecule has 9 nitrogen and oxygen atoms in total. The van der Waals surface area contributed by atoms with Gasteiger partial charge in [-0.3, -0.25) is 0 Å². The Kier molecular flexibility index (Phi) is 11.6. The van der Waals surface area contributed by atoms with E-state index in [0.29, 0.717) is 38.4 Å². The molecular weight excluding hydrogens is 510 g/mol. The fourth-order valence-corrected chi connectivity index (χ4v) is 5.29. The van der Waals surface area contributed by atoms with Crippen LogP contribution >= 0.6 is 11.6 Å². The fourth-order valence-electron chi connectivity index (χ4n) is 5.12. The zero-order valence-corrected chi connectivity index (χ0v) is 21.9. The Bertz CT molecular complexity index is 906. The maximum Gasteiger partial charge on any atom is 0.404 e. The number of benzene rings is 1. The number of rotatable bonds is 11. The summed E-state index contributed by atoms with van der Waals surface area (Å²) in [4.78, 5) is 25.7. The molecule has 12 heteroatoms. The number of nitrogens with zero attached hydrogens (tertiary/aromatic N) is 1. The molecule has 3 unspecified atom stereocenters. The lowest BCUT2D eigenvalue weighted by Crippen LogP contribution is -2.52. The van der Waals surface area contributed by atoms with Crippen LogP contribution in [0, 0.1) is 23.5 Å². The number of hydrogen-bond donors (Lipinski definition) is 4. The lowest BCUT2D eigenvalue weighted by molar-refractivity contribution is -0.0105. The molecule has 0 aliphatic carbocycles. The normalized spacial score (nSPS) is 20.3. The summed E-state index contributed by atoms with van der Waals surface area (Å²) >= 11 is 5.83. The van der Waals surface area contributed by atoms with Crippen LogP contribution in [0.1, 0.15) is 43.8 Å². The van der Waals surface area contributed by atoms with E-state index < -0.39 is 28.9 Å². The number of hydrogen-bond acceptors (Lipinski definition) is 5. The Hall–Kier alpha value is -2.21. The highest BCUT2D eigenvalue weighted by Gasteiger charge is 2.34. The zero-order valence-electron chi connectivity index (χ0n) is 21.1. The molecule has 3 atom stereocenters. The van der Waals surface area contributed by atoms with Crippen LogP contribution in [0.3, 0.4) is 0 Å². The van der Waals surface area contributed by atoms with E-state index in [0.717, 1.165) is 38.5 Å². The molecule has 37 heavy (non-hydrogen) atoms. The maximum absolute atomic E-state index is 15.0. The van der Waals surface area contributed by atoms with Crippen molar-refractivity contribution >= 4 is 23.7 Å². The van der Waals surface area contributed by atoms with Crippen LogP contribution in [0.15, 0.2) is 12.1 Å². The number of amides is 3. The van der Waals surface area contributed by atoms with Crippen molar-refractivity contribution in [2.75, 3.05) is 53.0 Å². The second-order valence-electron chi connectivity index (χ2n) is 9.63. The van der Waals surface area contributed by atoms with Gasteiger partial charge in [0.1, 0.15) is 10.8 Å². The number of piperidine rings is 1. The SMILES string of the molecule is CNCC(CC1CCOCC1)NC(=O)N1CCCC(C(OCCNC(=O)O)c2ccc(F)c(Cl)c2F)C1. The van der Waals surface area contributed by atoms with Crippen molar-refractivity contribution in [1.29, 1.82) is 0 Å². The number of ether oxygens (including phenoxy) is 2. The molecule has 2 fully saturated rings. The van der Waals surface area contributed by atoms with E-state index in [1.165, 1.54) is 6.07 Å². The van der Waals surface area contributed by atoms with Crippen molar-refractivity contribution in [3.05, 3.63) is 34.4 Å². The largest absolute Gasteiger partial charge is 0.465 e. The number of likely N-dealkylation sites (N-methyl/N-ethyl adjacent to an activating group) is 1. The first-order valence-electron chi connectivity index (χ1n) is 12.8. The van der Waals surface area contributed by atoms with E-state index in [-0.39, 0.29) is 36.7 Å². The van der Waals surface area contributed by atoms with Gasteiger partial charge in [0.25, 0.3) is 0 Å². The fraction of sp³-hybridized carbons (Fsp3) is 0.680. The third kappa shape index (κ3) is 8.66. The minimum atomic E-state index is -1.20. The molecule has 0 bridgehead atoms. The van der Waals surface area contributed by atoms with E-state index in [1.54, 1.807) is 4.90 Å². The second-order valence-corrected chi connectivity index (χ2v) is 10.0. The molecular formula is C25H37ClF2N4O5. The molecule has 0 radical (unpaired) electrons. The number of urea groups is 1. The van der Waals surface area contributed by atoms with Gasteiger partial charge in [0.15, 0.2) is 5.82 Å². The average Bonchev–Trinajstić information content (AvgIpc) is 2.89. The van der Waals surface area contributed by atoms with Crippen LogP contribution in [-0.4, -0.2) is 81.2 Å². The molecule has 4 N–H and O–H groups in total. The highest BCUT2D eigenvalue weighted by molar-refractivity contribution is 6.30. The van der Waals surface area contributed by atoms with Gasteiger partial charge >= 0.3 is 12.1 Å². The summed E-state index contributed by atoms with van der Waals surface area (Å²) in [6.07, 6.45) is 2.10. The predicted molar refractivity (Wildman–Crippen MR) is 135 cm³/mol. The number of carbonyl (C=O) groups is 2. The third-order valence-corrected chi connectivity index (χ3v) is 7.30. The van der Waals surface area contributed by atoms with Crippen molar-refractivity contribution in [3.63, 3.8) is 0 Å². The van der Waals surface area contributed by atoms with Crippen LogP contribution in [0.4, 0.5) is 18.4 Å². The van der Waals surface area contributed by atoms with Gasteiger partial charge in [-0.05, 0) is 51.1 Å². The molecule has 1 aromatic carbocycles. The third-order valence-electron chi connectivity index (χ3n) is 6.96. The molecule has 0 aromatic heterocycles. The first-order chi connectivity index (χ1) is 17.8. The Morgan fingerprint density at radius 1 is 1.27 bits per heavy atom. The minimum Gasteiger partial charge on any atom is -0.465 e. The molecule has 2 aliphatic rings. The van der Waals surface area contributed by atoms with Crippen LogP contribution in [0.25, 0.3) is 0 Å². The van der Waals surface area contributed by atoms with E-state index in [2.05, 4.69) is 16.0 Å². The lowest BCUT2D eigenvalue weighted by Gasteiger charge is -2.38. The molecule has 3 rings (SSSR count). The summed E-state index contributed by atoms with van der Waals surface area (Å²) in [6.45, 7) is 2.95. The van der Waals surface area contributed by atoms with Crippen molar-refractivity contribution in [2.45, 2.75) is 44.2 Å². The summed E-state index contributed by atoms with van der Waals surface area (Å²) in [7, 11) is 1.85. The van der Waals surface area contributed by atoms with E-state index in [1.807, 2.05) is 7.05 Å². The number of likely N-dealkylation sites (tertiary alicyclic amines) is 1. The molecule has 3 amide bonds. The van der Waals surface area contributed by atoms with Gasteiger partial charge in [0.2, 0.25) is 0 Å². The highest BCUT2D eigenvalue weighted by atomic mass is 35.5. The van der Waals surface area contributed by atoms with E-state index in [4.69, 9.17) is 26.2 Å². The summed E-state index contributed by atoms with van der Waals surface area (Å²) in [5.74, 6) is -1.59. The Morgan fingerprint density at radius 2 is 2.03 bits per heavy atom. The highest BCUT2D eigenvalue weighted by Crippen LogP contribution is 2.36. The lowest BCUT2D eigenvalue weighted by atomic mass is 9.88. The molecule has 1 aromatic rings. The van der Waals surface area contributed by atoms with Gasteiger partial charge in [-0.15, -0.1) is 0 Å². The minimum absolute atomic E-state index is 0.00277. The quantitative estimate of drug-likeness (QED) is 0.248. The van der Waals surface area contributed by atoms with E-state index in [9.17, 15) is 18.4 Å². The van der Waals surface area contributed by atoms with Crippen molar-refractivity contribution in [3.8, 4) is 0 Å². The standard InChI is InChI=1S/C25H37ClF2N4O5/c1-29-14-18(13-16-6-10-36-11-7-16)31-24(33)32-9-2-3-17(15-32)23(37-12-8-30-25(34)35)19-4-5-20(27)21(26)22(19)28/h4-5,16-18,23,29-30H,2-3,6-15H2,1H3,(H,31,33)(H,34,35). The number of carbonyl (C=O) groups excluding carboxylic acids is 1. The first-order valence-corrected chi connectivity index (χ1v) is 13.2. The van der Waals surface area contributed by atoms with Gasteiger partial charge in [-0.2, -0.15) is 0 Å². The monoisotopic (exact) mass is 546 g/mol. The van der Waals surface area contributed by atoms with Crippen LogP contribution in [0.5, 0.6) is 0 Å². The Morgan fingerprint density at radius 3 is 2.73 bits per heavy atom. The number of halogens is 3. The maximum atomic E-state index is 15.0. The van der Waals surface area contributed by atoms with Gasteiger partial charge < -0.3 is 35.4 Å².